The molecule has 3 heteroatoms. The number of hydrogen-bond acceptors (Lipinski definition) is 3. The summed E-state index contributed by atoms with van der Waals surface area (Å²) in [5.74, 6) is 0.361. The predicted octanol–water partition coefficient (Wildman–Crippen LogP) is 3.52. The Labute approximate surface area is 129 Å². The zero-order valence-electron chi connectivity index (χ0n) is 13.9. The van der Waals surface area contributed by atoms with Gasteiger partial charge in [0.2, 0.25) is 0 Å². The lowest BCUT2D eigenvalue weighted by atomic mass is 9.82. The van der Waals surface area contributed by atoms with Gasteiger partial charge in [-0.2, -0.15) is 0 Å². The van der Waals surface area contributed by atoms with Crippen LogP contribution in [-0.4, -0.2) is 34.2 Å². The SMILES string of the molecule is CCC1(C)CN(Cc2cccc(O)c2)C(CC)(CC)CN1. The monoisotopic (exact) mass is 290 g/mol. The highest BCUT2D eigenvalue weighted by Crippen LogP contribution is 2.33. The zero-order chi connectivity index (χ0) is 15.5. The molecule has 21 heavy (non-hydrogen) atoms. The van der Waals surface area contributed by atoms with Crippen molar-refractivity contribution in [1.82, 2.24) is 10.2 Å². The van der Waals surface area contributed by atoms with Crippen molar-refractivity contribution >= 4 is 0 Å². The summed E-state index contributed by atoms with van der Waals surface area (Å²) in [6, 6.07) is 7.68. The average molecular weight is 290 g/mol. The number of piperazine rings is 1. The van der Waals surface area contributed by atoms with Crippen LogP contribution in [0.3, 0.4) is 0 Å². The molecule has 0 aliphatic carbocycles. The van der Waals surface area contributed by atoms with E-state index in [0.29, 0.717) is 5.75 Å². The van der Waals surface area contributed by atoms with Gasteiger partial charge in [0.05, 0.1) is 0 Å². The summed E-state index contributed by atoms with van der Waals surface area (Å²) in [5, 5.41) is 13.5. The molecule has 1 aromatic carbocycles. The zero-order valence-corrected chi connectivity index (χ0v) is 13.9. The van der Waals surface area contributed by atoms with Gasteiger partial charge in [0.15, 0.2) is 0 Å². The van der Waals surface area contributed by atoms with Crippen molar-refractivity contribution < 1.29 is 5.11 Å². The van der Waals surface area contributed by atoms with Crippen molar-refractivity contribution in [1.29, 1.82) is 0 Å². The van der Waals surface area contributed by atoms with E-state index in [0.717, 1.165) is 38.9 Å². The van der Waals surface area contributed by atoms with Gasteiger partial charge in [-0.15, -0.1) is 0 Å². The summed E-state index contributed by atoms with van der Waals surface area (Å²) < 4.78 is 0. The molecular formula is C18H30N2O. The number of phenolic OH excluding ortho intramolecular Hbond substituents is 1. The molecule has 1 aromatic rings. The van der Waals surface area contributed by atoms with E-state index in [2.05, 4.69) is 44.0 Å². The molecule has 0 radical (unpaired) electrons. The van der Waals surface area contributed by atoms with Crippen LogP contribution >= 0.6 is 0 Å². The fourth-order valence-corrected chi connectivity index (χ4v) is 3.42. The lowest BCUT2D eigenvalue weighted by Crippen LogP contribution is -2.68. The molecule has 1 aliphatic heterocycles. The Morgan fingerprint density at radius 1 is 1.19 bits per heavy atom. The van der Waals surface area contributed by atoms with Gasteiger partial charge < -0.3 is 10.4 Å². The van der Waals surface area contributed by atoms with E-state index >= 15 is 0 Å². The lowest BCUT2D eigenvalue weighted by Gasteiger charge is -2.53. The fourth-order valence-electron chi connectivity index (χ4n) is 3.42. The minimum atomic E-state index is 0.185. The van der Waals surface area contributed by atoms with Gasteiger partial charge in [0, 0.05) is 30.7 Å². The molecule has 1 heterocycles. The summed E-state index contributed by atoms with van der Waals surface area (Å²) >= 11 is 0. The van der Waals surface area contributed by atoms with Crippen LogP contribution in [0.1, 0.15) is 52.5 Å². The van der Waals surface area contributed by atoms with Gasteiger partial charge in [0.25, 0.3) is 0 Å². The third kappa shape index (κ3) is 3.41. The van der Waals surface area contributed by atoms with E-state index in [1.54, 1.807) is 6.07 Å². The van der Waals surface area contributed by atoms with Crippen LogP contribution in [0.15, 0.2) is 24.3 Å². The van der Waals surface area contributed by atoms with Crippen LogP contribution in [-0.2, 0) is 6.54 Å². The molecule has 3 nitrogen and oxygen atoms in total. The van der Waals surface area contributed by atoms with Crippen LogP contribution in [0.2, 0.25) is 0 Å². The molecule has 2 N–H and O–H groups in total. The summed E-state index contributed by atoms with van der Waals surface area (Å²) in [7, 11) is 0. The highest BCUT2D eigenvalue weighted by molar-refractivity contribution is 5.27. The number of nitrogens with one attached hydrogen (secondary N) is 1. The van der Waals surface area contributed by atoms with E-state index in [1.165, 1.54) is 5.56 Å². The van der Waals surface area contributed by atoms with Crippen LogP contribution in [0.5, 0.6) is 5.75 Å². The van der Waals surface area contributed by atoms with Crippen molar-refractivity contribution in [2.24, 2.45) is 0 Å². The van der Waals surface area contributed by atoms with Crippen molar-refractivity contribution in [3.05, 3.63) is 29.8 Å². The molecule has 1 saturated heterocycles. The second kappa shape index (κ2) is 6.37. The van der Waals surface area contributed by atoms with Crippen molar-refractivity contribution in [3.63, 3.8) is 0 Å². The van der Waals surface area contributed by atoms with E-state index < -0.39 is 0 Å². The van der Waals surface area contributed by atoms with Crippen molar-refractivity contribution in [2.45, 2.75) is 64.6 Å². The van der Waals surface area contributed by atoms with E-state index in [-0.39, 0.29) is 11.1 Å². The van der Waals surface area contributed by atoms with Gasteiger partial charge in [0.1, 0.15) is 5.75 Å². The first-order valence-electron chi connectivity index (χ1n) is 8.25. The second-order valence-corrected chi connectivity index (χ2v) is 6.73. The molecule has 1 unspecified atom stereocenters. The maximum Gasteiger partial charge on any atom is 0.115 e. The Hall–Kier alpha value is -1.06. The van der Waals surface area contributed by atoms with Gasteiger partial charge in [-0.3, -0.25) is 4.90 Å². The van der Waals surface area contributed by atoms with Gasteiger partial charge >= 0.3 is 0 Å². The molecular weight excluding hydrogens is 260 g/mol. The van der Waals surface area contributed by atoms with E-state index in [9.17, 15) is 5.11 Å². The van der Waals surface area contributed by atoms with Gasteiger partial charge in [-0.25, -0.2) is 0 Å². The number of benzene rings is 1. The smallest absolute Gasteiger partial charge is 0.115 e. The molecule has 0 spiro atoms. The minimum absolute atomic E-state index is 0.185. The van der Waals surface area contributed by atoms with E-state index in [4.69, 9.17) is 0 Å². The number of aromatic hydroxyl groups is 1. The summed E-state index contributed by atoms with van der Waals surface area (Å²) in [6.07, 6.45) is 3.43. The molecule has 1 aliphatic rings. The van der Waals surface area contributed by atoms with Gasteiger partial charge in [-0.05, 0) is 43.9 Å². The van der Waals surface area contributed by atoms with Gasteiger partial charge in [-0.1, -0.05) is 32.9 Å². The fraction of sp³-hybridized carbons (Fsp3) is 0.667. The average Bonchev–Trinajstić information content (AvgIpc) is 2.48. The topological polar surface area (TPSA) is 35.5 Å². The molecule has 118 valence electrons. The standard InChI is InChI=1S/C18H30N2O/c1-5-17(4)14-20(18(6-2,7-3)13-19-17)12-15-9-8-10-16(21)11-15/h8-11,19,21H,5-7,12-14H2,1-4H3. The first kappa shape index (κ1) is 16.3. The highest BCUT2D eigenvalue weighted by Gasteiger charge is 2.42. The second-order valence-electron chi connectivity index (χ2n) is 6.73. The summed E-state index contributed by atoms with van der Waals surface area (Å²) in [5.41, 5.74) is 1.60. The molecule has 0 bridgehead atoms. The van der Waals surface area contributed by atoms with Crippen molar-refractivity contribution in [2.75, 3.05) is 13.1 Å². The number of rotatable bonds is 5. The quantitative estimate of drug-likeness (QED) is 0.871. The van der Waals surface area contributed by atoms with Crippen LogP contribution in [0.4, 0.5) is 0 Å². The van der Waals surface area contributed by atoms with Crippen LogP contribution < -0.4 is 5.32 Å². The molecule has 1 fully saturated rings. The highest BCUT2D eigenvalue weighted by atomic mass is 16.3. The molecule has 0 saturated carbocycles. The largest absolute Gasteiger partial charge is 0.508 e. The Bertz CT molecular complexity index is 470. The van der Waals surface area contributed by atoms with E-state index in [1.807, 2.05) is 12.1 Å². The van der Waals surface area contributed by atoms with Crippen LogP contribution in [0, 0.1) is 0 Å². The minimum Gasteiger partial charge on any atom is -0.508 e. The third-order valence-corrected chi connectivity index (χ3v) is 5.44. The number of nitrogens with zero attached hydrogens (tertiary/aromatic N) is 1. The predicted molar refractivity (Wildman–Crippen MR) is 88.5 cm³/mol. The maximum absolute atomic E-state index is 9.71. The summed E-state index contributed by atoms with van der Waals surface area (Å²) in [4.78, 5) is 2.63. The number of phenols is 1. The molecule has 0 aromatic heterocycles. The molecule has 1 atom stereocenters. The molecule has 0 amide bonds. The Morgan fingerprint density at radius 3 is 2.48 bits per heavy atom. The number of hydrogen-bond donors (Lipinski definition) is 2. The first-order chi connectivity index (χ1) is 9.97. The third-order valence-electron chi connectivity index (χ3n) is 5.44. The Balaban J connectivity index is 2.25. The lowest BCUT2D eigenvalue weighted by molar-refractivity contribution is -0.00410. The summed E-state index contributed by atoms with van der Waals surface area (Å²) in [6.45, 7) is 12.2. The Morgan fingerprint density at radius 2 is 1.90 bits per heavy atom. The normalized spacial score (nSPS) is 25.9. The van der Waals surface area contributed by atoms with Crippen molar-refractivity contribution in [3.8, 4) is 5.75 Å². The first-order valence-corrected chi connectivity index (χ1v) is 8.25. The Kier molecular flexibility index (Phi) is 4.95. The maximum atomic E-state index is 9.71. The molecule has 2 rings (SSSR count). The van der Waals surface area contributed by atoms with Crippen LogP contribution in [0.25, 0.3) is 0 Å².